The fraction of sp³-hybridized carbons (Fsp3) is 0.462. The first kappa shape index (κ1) is 12.4. The Morgan fingerprint density at radius 2 is 2.24 bits per heavy atom. The summed E-state index contributed by atoms with van der Waals surface area (Å²) in [6.45, 7) is 4.02. The minimum atomic E-state index is 0.203. The molecule has 0 saturated carbocycles. The number of hydrogen-bond acceptors (Lipinski definition) is 3. The first-order chi connectivity index (χ1) is 8.10. The van der Waals surface area contributed by atoms with Gasteiger partial charge in [0.1, 0.15) is 6.07 Å². The summed E-state index contributed by atoms with van der Waals surface area (Å²) in [6.07, 6.45) is 1.06. The van der Waals surface area contributed by atoms with Crippen LogP contribution in [0.3, 0.4) is 0 Å². The van der Waals surface area contributed by atoms with Gasteiger partial charge in [0.2, 0.25) is 0 Å². The van der Waals surface area contributed by atoms with Crippen molar-refractivity contribution in [1.29, 1.82) is 5.26 Å². The van der Waals surface area contributed by atoms with E-state index in [0.717, 1.165) is 29.7 Å². The van der Waals surface area contributed by atoms with E-state index in [-0.39, 0.29) is 6.04 Å². The fourth-order valence-corrected chi connectivity index (χ4v) is 2.83. The first-order valence-corrected chi connectivity index (χ1v) is 6.59. The van der Waals surface area contributed by atoms with E-state index < -0.39 is 0 Å². The van der Waals surface area contributed by atoms with Crippen molar-refractivity contribution < 1.29 is 0 Å². The van der Waals surface area contributed by atoms with Crippen LogP contribution in [-0.4, -0.2) is 19.1 Å². The van der Waals surface area contributed by atoms with Crippen LogP contribution < -0.4 is 10.6 Å². The molecule has 0 aliphatic carbocycles. The highest BCUT2D eigenvalue weighted by molar-refractivity contribution is 9.10. The molecule has 1 aliphatic heterocycles. The smallest absolute Gasteiger partial charge is 0.101 e. The van der Waals surface area contributed by atoms with Crippen LogP contribution in [0.5, 0.6) is 0 Å². The molecule has 1 saturated heterocycles. The molecule has 1 heterocycles. The maximum absolute atomic E-state index is 9.18. The lowest BCUT2D eigenvalue weighted by atomic mass is 9.95. The molecule has 2 rings (SSSR count). The van der Waals surface area contributed by atoms with E-state index in [1.165, 1.54) is 0 Å². The molecule has 1 fully saturated rings. The zero-order chi connectivity index (χ0) is 12.4. The number of anilines is 1. The Kier molecular flexibility index (Phi) is 3.70. The molecule has 17 heavy (non-hydrogen) atoms. The molecular formula is C13H16BrN3. The Labute approximate surface area is 110 Å². The second kappa shape index (κ2) is 5.07. The molecule has 3 nitrogen and oxygen atoms in total. The monoisotopic (exact) mass is 293 g/mol. The van der Waals surface area contributed by atoms with Gasteiger partial charge < -0.3 is 10.6 Å². The van der Waals surface area contributed by atoms with Gasteiger partial charge in [-0.1, -0.05) is 22.9 Å². The van der Waals surface area contributed by atoms with Crippen LogP contribution in [-0.2, 0) is 0 Å². The van der Waals surface area contributed by atoms with Crippen molar-refractivity contribution in [2.75, 3.05) is 18.0 Å². The fourth-order valence-electron chi connectivity index (χ4n) is 2.47. The number of benzene rings is 1. The minimum Gasteiger partial charge on any atom is -0.369 e. The molecule has 90 valence electrons. The highest BCUT2D eigenvalue weighted by Crippen LogP contribution is 2.27. The summed E-state index contributed by atoms with van der Waals surface area (Å²) in [5.74, 6) is 0.578. The van der Waals surface area contributed by atoms with E-state index in [1.54, 1.807) is 0 Å². The van der Waals surface area contributed by atoms with E-state index in [0.29, 0.717) is 11.5 Å². The second-order valence-corrected chi connectivity index (χ2v) is 5.69. The van der Waals surface area contributed by atoms with Crippen LogP contribution in [0.1, 0.15) is 18.9 Å². The van der Waals surface area contributed by atoms with Gasteiger partial charge in [-0.15, -0.1) is 0 Å². The Bertz CT molecular complexity index is 442. The third kappa shape index (κ3) is 2.80. The predicted octanol–water partition coefficient (Wildman–Crippen LogP) is 2.49. The molecule has 2 unspecified atom stereocenters. The van der Waals surface area contributed by atoms with Crippen LogP contribution in [0, 0.1) is 17.2 Å². The van der Waals surface area contributed by atoms with Crippen molar-refractivity contribution in [3.63, 3.8) is 0 Å². The summed E-state index contributed by atoms with van der Waals surface area (Å²) in [7, 11) is 0. The van der Waals surface area contributed by atoms with E-state index in [9.17, 15) is 5.26 Å². The maximum atomic E-state index is 9.18. The van der Waals surface area contributed by atoms with Gasteiger partial charge in [-0.2, -0.15) is 5.26 Å². The third-order valence-corrected chi connectivity index (χ3v) is 3.61. The van der Waals surface area contributed by atoms with Gasteiger partial charge in [-0.3, -0.25) is 0 Å². The molecule has 0 spiro atoms. The summed E-state index contributed by atoms with van der Waals surface area (Å²) in [5, 5.41) is 9.18. The molecule has 0 bridgehead atoms. The quantitative estimate of drug-likeness (QED) is 0.865. The molecule has 0 radical (unpaired) electrons. The molecule has 4 heteroatoms. The number of rotatable bonds is 1. The van der Waals surface area contributed by atoms with E-state index in [2.05, 4.69) is 33.8 Å². The summed E-state index contributed by atoms with van der Waals surface area (Å²) >= 11 is 3.39. The third-order valence-electron chi connectivity index (χ3n) is 3.11. The number of hydrogen-bond donors (Lipinski definition) is 1. The number of piperidine rings is 1. The topological polar surface area (TPSA) is 53.0 Å². The van der Waals surface area contributed by atoms with Gasteiger partial charge in [0.25, 0.3) is 0 Å². The average molecular weight is 294 g/mol. The molecule has 2 N–H and O–H groups in total. The lowest BCUT2D eigenvalue weighted by Crippen LogP contribution is -2.46. The predicted molar refractivity (Wildman–Crippen MR) is 72.8 cm³/mol. The molecule has 0 aromatic heterocycles. The van der Waals surface area contributed by atoms with E-state index in [4.69, 9.17) is 5.73 Å². The van der Waals surface area contributed by atoms with E-state index >= 15 is 0 Å². The van der Waals surface area contributed by atoms with Crippen molar-refractivity contribution in [1.82, 2.24) is 0 Å². The minimum absolute atomic E-state index is 0.203. The van der Waals surface area contributed by atoms with Crippen LogP contribution in [0.4, 0.5) is 5.69 Å². The van der Waals surface area contributed by atoms with Gasteiger partial charge >= 0.3 is 0 Å². The molecule has 1 aliphatic rings. The Morgan fingerprint density at radius 1 is 1.47 bits per heavy atom. The highest BCUT2D eigenvalue weighted by atomic mass is 79.9. The van der Waals surface area contributed by atoms with Gasteiger partial charge in [0, 0.05) is 23.6 Å². The normalized spacial score (nSPS) is 24.5. The number of nitrogens with two attached hydrogens (primary N) is 1. The summed E-state index contributed by atoms with van der Waals surface area (Å²) in [4.78, 5) is 2.23. The van der Waals surface area contributed by atoms with Gasteiger partial charge in [0.05, 0.1) is 11.3 Å². The lowest BCUT2D eigenvalue weighted by Gasteiger charge is -2.36. The Morgan fingerprint density at radius 3 is 2.88 bits per heavy atom. The van der Waals surface area contributed by atoms with Gasteiger partial charge in [-0.25, -0.2) is 0 Å². The maximum Gasteiger partial charge on any atom is 0.101 e. The highest BCUT2D eigenvalue weighted by Gasteiger charge is 2.23. The number of nitriles is 1. The molecule has 1 aromatic carbocycles. The van der Waals surface area contributed by atoms with Crippen LogP contribution >= 0.6 is 15.9 Å². The van der Waals surface area contributed by atoms with Crippen LogP contribution in [0.2, 0.25) is 0 Å². The van der Waals surface area contributed by atoms with Crippen LogP contribution in [0.15, 0.2) is 22.7 Å². The summed E-state index contributed by atoms with van der Waals surface area (Å²) < 4.78 is 0.937. The molecule has 2 atom stereocenters. The van der Waals surface area contributed by atoms with Gasteiger partial charge in [-0.05, 0) is 30.5 Å². The Hall–Kier alpha value is -1.05. The van der Waals surface area contributed by atoms with Crippen molar-refractivity contribution in [2.45, 2.75) is 19.4 Å². The van der Waals surface area contributed by atoms with Crippen molar-refractivity contribution in [3.8, 4) is 6.07 Å². The van der Waals surface area contributed by atoms with E-state index in [1.807, 2.05) is 18.2 Å². The standard InChI is InChI=1S/C13H16BrN3/c1-9-4-12(16)8-17(7-9)13-3-2-11(14)5-10(13)6-15/h2-3,5,9,12H,4,7-8,16H2,1H3. The number of nitrogens with zero attached hydrogens (tertiary/aromatic N) is 2. The SMILES string of the molecule is CC1CC(N)CN(c2ccc(Br)cc2C#N)C1. The lowest BCUT2D eigenvalue weighted by molar-refractivity contribution is 0.401. The summed E-state index contributed by atoms with van der Waals surface area (Å²) in [6, 6.07) is 8.28. The Balaban J connectivity index is 2.30. The summed E-state index contributed by atoms with van der Waals surface area (Å²) in [5.41, 5.74) is 7.75. The number of halogens is 1. The molecule has 1 aromatic rings. The zero-order valence-corrected chi connectivity index (χ0v) is 11.4. The second-order valence-electron chi connectivity index (χ2n) is 4.78. The van der Waals surface area contributed by atoms with Crippen molar-refractivity contribution in [3.05, 3.63) is 28.2 Å². The van der Waals surface area contributed by atoms with Crippen LogP contribution in [0.25, 0.3) is 0 Å². The average Bonchev–Trinajstić information content (AvgIpc) is 2.27. The molecule has 0 amide bonds. The largest absolute Gasteiger partial charge is 0.369 e. The van der Waals surface area contributed by atoms with Crippen molar-refractivity contribution >= 4 is 21.6 Å². The zero-order valence-electron chi connectivity index (χ0n) is 9.86. The molecular weight excluding hydrogens is 278 g/mol. The first-order valence-electron chi connectivity index (χ1n) is 5.80. The van der Waals surface area contributed by atoms with Gasteiger partial charge in [0.15, 0.2) is 0 Å². The van der Waals surface area contributed by atoms with Crippen molar-refractivity contribution in [2.24, 2.45) is 11.7 Å².